The predicted molar refractivity (Wildman–Crippen MR) is 106 cm³/mol. The third kappa shape index (κ3) is 9.20. The summed E-state index contributed by atoms with van der Waals surface area (Å²) in [5, 5.41) is 2.99. The number of nitrogens with one attached hydrogen (secondary N) is 2. The maximum Gasteiger partial charge on any atom is 0.305 e. The van der Waals surface area contributed by atoms with Crippen LogP contribution in [0.1, 0.15) is 51.5 Å². The summed E-state index contributed by atoms with van der Waals surface area (Å²) in [5.74, 6) is -0.166. The van der Waals surface area contributed by atoms with Crippen LogP contribution in [0.25, 0.3) is 0 Å². The van der Waals surface area contributed by atoms with Gasteiger partial charge in [0.2, 0.25) is 10.0 Å². The highest BCUT2D eigenvalue weighted by atomic mass is 32.2. The van der Waals surface area contributed by atoms with E-state index in [2.05, 4.69) is 26.9 Å². The summed E-state index contributed by atoms with van der Waals surface area (Å²) in [7, 11) is -1.73. The van der Waals surface area contributed by atoms with E-state index in [4.69, 9.17) is 0 Å². The molecule has 0 bridgehead atoms. The molecule has 0 heterocycles. The molecule has 0 atom stereocenters. The fourth-order valence-electron chi connectivity index (χ4n) is 2.37. The van der Waals surface area contributed by atoms with Gasteiger partial charge in [0, 0.05) is 25.2 Å². The van der Waals surface area contributed by atoms with E-state index in [1.54, 1.807) is 13.8 Å². The number of methoxy groups -OCH3 is 1. The minimum atomic E-state index is -3.14. The molecule has 6 nitrogen and oxygen atoms in total. The zero-order valence-electron chi connectivity index (χ0n) is 16.1. The number of rotatable bonds is 13. The van der Waals surface area contributed by atoms with Crippen LogP contribution >= 0.6 is 0 Å². The Hall–Kier alpha value is -1.60. The van der Waals surface area contributed by atoms with Crippen molar-refractivity contribution < 1.29 is 17.9 Å². The number of carbonyl (C=O) groups is 1. The van der Waals surface area contributed by atoms with E-state index in [-0.39, 0.29) is 11.2 Å². The van der Waals surface area contributed by atoms with E-state index in [1.807, 2.05) is 12.1 Å². The standard InChI is InChI=1S/C19H32N2O4S/c1-16(2)26(23,24)21-15-6-4-5-14-20-18-12-10-17(11-13-18)8-7-9-19(22)25-3/h10-13,16,20-21H,4-9,14-15H2,1-3H3. The van der Waals surface area contributed by atoms with E-state index in [1.165, 1.54) is 12.7 Å². The zero-order chi connectivity index (χ0) is 19.4. The molecular weight excluding hydrogens is 352 g/mol. The highest BCUT2D eigenvalue weighted by Gasteiger charge is 2.13. The lowest BCUT2D eigenvalue weighted by Crippen LogP contribution is -2.31. The van der Waals surface area contributed by atoms with Crippen molar-refractivity contribution in [2.75, 3.05) is 25.5 Å². The number of benzene rings is 1. The molecule has 0 aliphatic rings. The van der Waals surface area contributed by atoms with Gasteiger partial charge in [-0.25, -0.2) is 13.1 Å². The largest absolute Gasteiger partial charge is 0.469 e. The van der Waals surface area contributed by atoms with Gasteiger partial charge in [0.25, 0.3) is 0 Å². The number of hydrogen-bond acceptors (Lipinski definition) is 5. The Morgan fingerprint density at radius 2 is 1.69 bits per heavy atom. The van der Waals surface area contributed by atoms with E-state index >= 15 is 0 Å². The Kier molecular flexibility index (Phi) is 10.3. The molecule has 0 aromatic heterocycles. The van der Waals surface area contributed by atoms with Crippen molar-refractivity contribution in [1.29, 1.82) is 0 Å². The SMILES string of the molecule is COC(=O)CCCc1ccc(NCCCCCNS(=O)(=O)C(C)C)cc1. The van der Waals surface area contributed by atoms with Gasteiger partial charge >= 0.3 is 5.97 Å². The molecule has 0 aliphatic carbocycles. The molecule has 0 fully saturated rings. The van der Waals surface area contributed by atoms with E-state index in [9.17, 15) is 13.2 Å². The molecule has 1 aromatic carbocycles. The second-order valence-electron chi connectivity index (χ2n) is 6.60. The number of unbranched alkanes of at least 4 members (excludes halogenated alkanes) is 2. The number of carbonyl (C=O) groups excluding carboxylic acids is 1. The Morgan fingerprint density at radius 3 is 2.31 bits per heavy atom. The highest BCUT2D eigenvalue weighted by molar-refractivity contribution is 7.90. The minimum absolute atomic E-state index is 0.166. The summed E-state index contributed by atoms with van der Waals surface area (Å²) in [6.45, 7) is 4.72. The molecule has 0 saturated carbocycles. The minimum Gasteiger partial charge on any atom is -0.469 e. The van der Waals surface area contributed by atoms with Gasteiger partial charge in [0.05, 0.1) is 12.4 Å². The molecule has 0 radical (unpaired) electrons. The molecule has 7 heteroatoms. The molecule has 1 aromatic rings. The van der Waals surface area contributed by atoms with Crippen LogP contribution in [0.3, 0.4) is 0 Å². The van der Waals surface area contributed by atoms with Crippen LogP contribution in [0, 0.1) is 0 Å². The van der Waals surface area contributed by atoms with Gasteiger partial charge in [-0.3, -0.25) is 4.79 Å². The van der Waals surface area contributed by atoms with Crippen LogP contribution in [0.5, 0.6) is 0 Å². The number of aryl methyl sites for hydroxylation is 1. The average Bonchev–Trinajstić information content (AvgIpc) is 2.61. The van der Waals surface area contributed by atoms with Crippen molar-refractivity contribution in [3.8, 4) is 0 Å². The number of hydrogen-bond donors (Lipinski definition) is 2. The van der Waals surface area contributed by atoms with Crippen molar-refractivity contribution in [3.63, 3.8) is 0 Å². The van der Waals surface area contributed by atoms with Crippen molar-refractivity contribution in [2.45, 2.75) is 57.6 Å². The Balaban J connectivity index is 2.13. The third-order valence-corrected chi connectivity index (χ3v) is 5.98. The molecule has 0 spiro atoms. The van der Waals surface area contributed by atoms with Crippen LogP contribution in [-0.4, -0.2) is 39.8 Å². The molecular formula is C19H32N2O4S. The van der Waals surface area contributed by atoms with Crippen LogP contribution in [0.2, 0.25) is 0 Å². The first kappa shape index (κ1) is 22.4. The fourth-order valence-corrected chi connectivity index (χ4v) is 3.13. The topological polar surface area (TPSA) is 84.5 Å². The van der Waals surface area contributed by atoms with Gasteiger partial charge in [-0.15, -0.1) is 0 Å². The van der Waals surface area contributed by atoms with E-state index < -0.39 is 10.0 Å². The van der Waals surface area contributed by atoms with Crippen molar-refractivity contribution >= 4 is 21.7 Å². The number of anilines is 1. The lowest BCUT2D eigenvalue weighted by atomic mass is 10.1. The summed E-state index contributed by atoms with van der Waals surface area (Å²) in [5.41, 5.74) is 2.28. The van der Waals surface area contributed by atoms with Crippen molar-refractivity contribution in [1.82, 2.24) is 4.72 Å². The first-order valence-electron chi connectivity index (χ1n) is 9.23. The highest BCUT2D eigenvalue weighted by Crippen LogP contribution is 2.12. The quantitative estimate of drug-likeness (QED) is 0.403. The maximum absolute atomic E-state index is 11.6. The summed E-state index contributed by atoms with van der Waals surface area (Å²) in [6.07, 6.45) is 4.90. The number of sulfonamides is 1. The zero-order valence-corrected chi connectivity index (χ0v) is 16.9. The van der Waals surface area contributed by atoms with Gasteiger partial charge in [-0.05, 0) is 57.2 Å². The van der Waals surface area contributed by atoms with Gasteiger partial charge in [-0.2, -0.15) is 0 Å². The van der Waals surface area contributed by atoms with Crippen LogP contribution < -0.4 is 10.0 Å². The monoisotopic (exact) mass is 384 g/mol. The van der Waals surface area contributed by atoms with Gasteiger partial charge < -0.3 is 10.1 Å². The second kappa shape index (κ2) is 11.9. The van der Waals surface area contributed by atoms with E-state index in [0.717, 1.165) is 44.3 Å². The van der Waals surface area contributed by atoms with Crippen molar-refractivity contribution in [2.24, 2.45) is 0 Å². The smallest absolute Gasteiger partial charge is 0.305 e. The molecule has 0 saturated heterocycles. The lowest BCUT2D eigenvalue weighted by Gasteiger charge is -2.10. The summed E-state index contributed by atoms with van der Waals surface area (Å²) >= 11 is 0. The molecule has 148 valence electrons. The van der Waals surface area contributed by atoms with Crippen LogP contribution in [0.4, 0.5) is 5.69 Å². The van der Waals surface area contributed by atoms with Gasteiger partial charge in [0.1, 0.15) is 0 Å². The fraction of sp³-hybridized carbons (Fsp3) is 0.632. The summed E-state index contributed by atoms with van der Waals surface area (Å²) in [6, 6.07) is 8.23. The van der Waals surface area contributed by atoms with Gasteiger partial charge in [-0.1, -0.05) is 18.6 Å². The van der Waals surface area contributed by atoms with E-state index in [0.29, 0.717) is 13.0 Å². The van der Waals surface area contributed by atoms with Gasteiger partial charge in [0.15, 0.2) is 0 Å². The Labute approximate surface area is 157 Å². The number of esters is 1. The molecule has 1 rings (SSSR count). The lowest BCUT2D eigenvalue weighted by molar-refractivity contribution is -0.140. The normalized spacial score (nSPS) is 11.5. The summed E-state index contributed by atoms with van der Waals surface area (Å²) in [4.78, 5) is 11.1. The van der Waals surface area contributed by atoms with Crippen LogP contribution in [0.15, 0.2) is 24.3 Å². The number of ether oxygens (including phenoxy) is 1. The molecule has 0 amide bonds. The maximum atomic E-state index is 11.6. The summed E-state index contributed by atoms with van der Waals surface area (Å²) < 4.78 is 30.5. The third-order valence-electron chi connectivity index (χ3n) is 4.13. The Morgan fingerprint density at radius 1 is 1.04 bits per heavy atom. The second-order valence-corrected chi connectivity index (χ2v) is 8.92. The van der Waals surface area contributed by atoms with Crippen molar-refractivity contribution in [3.05, 3.63) is 29.8 Å². The average molecular weight is 385 g/mol. The molecule has 0 aliphatic heterocycles. The molecule has 26 heavy (non-hydrogen) atoms. The van der Waals surface area contributed by atoms with Crippen LogP contribution in [-0.2, 0) is 26.0 Å². The first-order valence-corrected chi connectivity index (χ1v) is 10.8. The Bertz CT molecular complexity index is 627. The molecule has 2 N–H and O–H groups in total. The first-order chi connectivity index (χ1) is 12.3. The predicted octanol–water partition coefficient (Wildman–Crippen LogP) is 3.09. The molecule has 0 unspecified atom stereocenters.